The summed E-state index contributed by atoms with van der Waals surface area (Å²) in [6.45, 7) is 3.10. The van der Waals surface area contributed by atoms with Crippen LogP contribution in [0, 0.1) is 0 Å². The standard InChI is InChI=1S/C20H26Cl3F2N3O3S/c1-2-32(30,31)28-9-7-27(8-10-28)19(3-5-20(24,25)6-4-19)13-26-18(29)17-15(22)11-14(21)12-16(17)23/h11-12H,2-10,13H2,1H3,(H,26,29). The summed E-state index contributed by atoms with van der Waals surface area (Å²) < 4.78 is 53.7. The highest BCUT2D eigenvalue weighted by Crippen LogP contribution is 2.42. The van der Waals surface area contributed by atoms with Crippen LogP contribution in [0.2, 0.25) is 15.1 Å². The van der Waals surface area contributed by atoms with Crippen molar-refractivity contribution in [2.75, 3.05) is 38.5 Å². The van der Waals surface area contributed by atoms with E-state index in [0.29, 0.717) is 18.1 Å². The SMILES string of the molecule is CCS(=O)(=O)N1CCN(C2(CNC(=O)c3c(Cl)cc(Cl)cc3Cl)CCC(F)(F)CC2)CC1. The fourth-order valence-electron chi connectivity index (χ4n) is 4.40. The first kappa shape index (κ1) is 25.9. The fraction of sp³-hybridized carbons (Fsp3) is 0.650. The largest absolute Gasteiger partial charge is 0.350 e. The second-order valence-corrected chi connectivity index (χ2v) is 11.8. The molecule has 180 valence electrons. The van der Waals surface area contributed by atoms with Crippen molar-refractivity contribution in [3.63, 3.8) is 0 Å². The van der Waals surface area contributed by atoms with E-state index in [4.69, 9.17) is 34.8 Å². The van der Waals surface area contributed by atoms with Crippen molar-refractivity contribution in [2.24, 2.45) is 0 Å². The van der Waals surface area contributed by atoms with Crippen LogP contribution in [0.15, 0.2) is 12.1 Å². The number of hydrogen-bond acceptors (Lipinski definition) is 4. The van der Waals surface area contributed by atoms with Gasteiger partial charge in [-0.3, -0.25) is 9.69 Å². The number of nitrogens with one attached hydrogen (secondary N) is 1. The predicted molar refractivity (Wildman–Crippen MR) is 123 cm³/mol. The quantitative estimate of drug-likeness (QED) is 0.593. The molecule has 3 rings (SSSR count). The third-order valence-corrected chi connectivity index (χ3v) is 9.09. The van der Waals surface area contributed by atoms with Crippen molar-refractivity contribution < 1.29 is 22.0 Å². The van der Waals surface area contributed by atoms with E-state index in [0.717, 1.165) is 0 Å². The van der Waals surface area contributed by atoms with E-state index in [1.54, 1.807) is 6.92 Å². The summed E-state index contributed by atoms with van der Waals surface area (Å²) in [6.07, 6.45) is -0.219. The Labute approximate surface area is 202 Å². The van der Waals surface area contributed by atoms with Crippen LogP contribution < -0.4 is 5.32 Å². The number of carbonyl (C=O) groups is 1. The maximum atomic E-state index is 13.9. The van der Waals surface area contributed by atoms with E-state index in [-0.39, 0.29) is 66.7 Å². The number of nitrogens with zero attached hydrogens (tertiary/aromatic N) is 2. The van der Waals surface area contributed by atoms with Gasteiger partial charge in [0.2, 0.25) is 15.9 Å². The first-order valence-electron chi connectivity index (χ1n) is 10.4. The molecule has 2 fully saturated rings. The number of carbonyl (C=O) groups excluding carboxylic acids is 1. The van der Waals surface area contributed by atoms with Gasteiger partial charge in [0.05, 0.1) is 21.4 Å². The van der Waals surface area contributed by atoms with Gasteiger partial charge in [-0.1, -0.05) is 34.8 Å². The second kappa shape index (κ2) is 9.88. The van der Waals surface area contributed by atoms with Crippen LogP contribution in [-0.2, 0) is 10.0 Å². The van der Waals surface area contributed by atoms with Crippen LogP contribution in [0.25, 0.3) is 0 Å². The Morgan fingerprint density at radius 2 is 1.56 bits per heavy atom. The molecule has 0 spiro atoms. The summed E-state index contributed by atoms with van der Waals surface area (Å²) >= 11 is 18.2. The lowest BCUT2D eigenvalue weighted by Gasteiger charge is -2.50. The highest BCUT2D eigenvalue weighted by molar-refractivity contribution is 7.89. The smallest absolute Gasteiger partial charge is 0.254 e. The molecular formula is C20H26Cl3F2N3O3S. The summed E-state index contributed by atoms with van der Waals surface area (Å²) in [5.74, 6) is -3.24. The molecular weight excluding hydrogens is 507 g/mol. The van der Waals surface area contributed by atoms with Gasteiger partial charge in [-0.25, -0.2) is 17.2 Å². The maximum Gasteiger partial charge on any atom is 0.254 e. The molecule has 0 unspecified atom stereocenters. The molecule has 32 heavy (non-hydrogen) atoms. The minimum atomic E-state index is -3.31. The van der Waals surface area contributed by atoms with Gasteiger partial charge < -0.3 is 5.32 Å². The van der Waals surface area contributed by atoms with Crippen LogP contribution in [0.1, 0.15) is 43.0 Å². The zero-order chi connectivity index (χ0) is 23.7. The summed E-state index contributed by atoms with van der Waals surface area (Å²) in [4.78, 5) is 14.9. The van der Waals surface area contributed by atoms with Crippen molar-refractivity contribution in [3.8, 4) is 0 Å². The number of hydrogen-bond donors (Lipinski definition) is 1. The average molecular weight is 533 g/mol. The number of sulfonamides is 1. The Balaban J connectivity index is 1.76. The summed E-state index contributed by atoms with van der Waals surface area (Å²) in [5.41, 5.74) is -0.627. The third kappa shape index (κ3) is 5.67. The summed E-state index contributed by atoms with van der Waals surface area (Å²) in [7, 11) is -3.31. The molecule has 6 nitrogen and oxygen atoms in total. The molecule has 0 bridgehead atoms. The molecule has 1 aliphatic carbocycles. The van der Waals surface area contributed by atoms with E-state index < -0.39 is 27.4 Å². The van der Waals surface area contributed by atoms with E-state index in [9.17, 15) is 22.0 Å². The second-order valence-electron chi connectivity index (χ2n) is 8.29. The van der Waals surface area contributed by atoms with Gasteiger partial charge in [-0.05, 0) is 31.9 Å². The van der Waals surface area contributed by atoms with Gasteiger partial charge >= 0.3 is 0 Å². The number of amides is 1. The topological polar surface area (TPSA) is 69.7 Å². The zero-order valence-electron chi connectivity index (χ0n) is 17.6. The molecule has 0 atom stereocenters. The molecule has 1 saturated carbocycles. The molecule has 1 aliphatic heterocycles. The normalized spacial score (nSPS) is 21.9. The number of halogens is 5. The van der Waals surface area contributed by atoms with Crippen LogP contribution in [-0.4, -0.2) is 73.5 Å². The fourth-order valence-corrected chi connectivity index (χ4v) is 6.47. The van der Waals surface area contributed by atoms with Gasteiger partial charge in [0, 0.05) is 56.1 Å². The lowest BCUT2D eigenvalue weighted by Crippen LogP contribution is -2.63. The number of piperazine rings is 1. The van der Waals surface area contributed by atoms with Crippen molar-refractivity contribution in [1.29, 1.82) is 0 Å². The molecule has 1 saturated heterocycles. The van der Waals surface area contributed by atoms with E-state index in [1.165, 1.54) is 16.4 Å². The van der Waals surface area contributed by atoms with E-state index >= 15 is 0 Å². The predicted octanol–water partition coefficient (Wildman–Crippen LogP) is 4.29. The molecule has 1 amide bonds. The van der Waals surface area contributed by atoms with Crippen molar-refractivity contribution in [3.05, 3.63) is 32.8 Å². The van der Waals surface area contributed by atoms with Crippen LogP contribution in [0.4, 0.5) is 8.78 Å². The molecule has 1 aromatic rings. The Morgan fingerprint density at radius 3 is 2.06 bits per heavy atom. The highest BCUT2D eigenvalue weighted by atomic mass is 35.5. The first-order valence-corrected chi connectivity index (χ1v) is 13.2. The lowest BCUT2D eigenvalue weighted by atomic mass is 9.78. The molecule has 2 aliphatic rings. The van der Waals surface area contributed by atoms with Crippen molar-refractivity contribution in [2.45, 2.75) is 44.1 Å². The molecule has 0 radical (unpaired) electrons. The van der Waals surface area contributed by atoms with Gasteiger partial charge in [0.25, 0.3) is 5.91 Å². The molecule has 1 heterocycles. The number of benzene rings is 1. The summed E-state index contributed by atoms with van der Waals surface area (Å²) in [5, 5.41) is 3.31. The minimum absolute atomic E-state index is 0.0169. The molecule has 1 aromatic carbocycles. The summed E-state index contributed by atoms with van der Waals surface area (Å²) in [6, 6.07) is 2.82. The van der Waals surface area contributed by atoms with Crippen molar-refractivity contribution in [1.82, 2.24) is 14.5 Å². The third-order valence-electron chi connectivity index (χ3n) is 6.39. The average Bonchev–Trinajstić information content (AvgIpc) is 2.73. The van der Waals surface area contributed by atoms with Crippen LogP contribution in [0.5, 0.6) is 0 Å². The molecule has 12 heteroatoms. The van der Waals surface area contributed by atoms with E-state index in [1.807, 2.05) is 4.90 Å². The Morgan fingerprint density at radius 1 is 1.03 bits per heavy atom. The Hall–Kier alpha value is -0.710. The van der Waals surface area contributed by atoms with Crippen LogP contribution in [0.3, 0.4) is 0 Å². The Bertz CT molecular complexity index is 937. The maximum absolute atomic E-state index is 13.9. The van der Waals surface area contributed by atoms with Crippen LogP contribution >= 0.6 is 34.8 Å². The highest BCUT2D eigenvalue weighted by Gasteiger charge is 2.47. The zero-order valence-corrected chi connectivity index (χ0v) is 20.7. The number of alkyl halides is 2. The van der Waals surface area contributed by atoms with Gasteiger partial charge in [0.15, 0.2) is 0 Å². The monoisotopic (exact) mass is 531 g/mol. The van der Waals surface area contributed by atoms with Crippen molar-refractivity contribution >= 4 is 50.7 Å². The molecule has 1 N–H and O–H groups in total. The van der Waals surface area contributed by atoms with Gasteiger partial charge in [-0.15, -0.1) is 0 Å². The minimum Gasteiger partial charge on any atom is -0.350 e. The van der Waals surface area contributed by atoms with E-state index in [2.05, 4.69) is 5.32 Å². The lowest BCUT2D eigenvalue weighted by molar-refractivity contribution is -0.0856. The Kier molecular flexibility index (Phi) is 8.00. The number of rotatable bonds is 6. The van der Waals surface area contributed by atoms with Gasteiger partial charge in [0.1, 0.15) is 0 Å². The molecule has 0 aromatic heterocycles. The first-order chi connectivity index (χ1) is 14.9. The van der Waals surface area contributed by atoms with Gasteiger partial charge in [-0.2, -0.15) is 4.31 Å².